The molecule has 1 fully saturated rings. The van der Waals surface area contributed by atoms with Crippen LogP contribution in [0.5, 0.6) is 11.5 Å². The van der Waals surface area contributed by atoms with Gasteiger partial charge in [0.25, 0.3) is 5.91 Å². The first-order chi connectivity index (χ1) is 13.2. The summed E-state index contributed by atoms with van der Waals surface area (Å²) in [4.78, 5) is 12.5. The highest BCUT2D eigenvalue weighted by molar-refractivity contribution is 6.32. The van der Waals surface area contributed by atoms with Crippen molar-refractivity contribution in [2.45, 2.75) is 18.9 Å². The molecule has 8 nitrogen and oxygen atoms in total. The molecule has 0 saturated heterocycles. The molecule has 2 heterocycles. The second-order valence-electron chi connectivity index (χ2n) is 6.40. The largest absolute Gasteiger partial charge is 0.454 e. The van der Waals surface area contributed by atoms with Gasteiger partial charge in [0.15, 0.2) is 17.3 Å². The fraction of sp³-hybridized carbons (Fsp3) is 0.222. The number of fused-ring (bicyclic) bond motifs is 1. The number of tetrazole rings is 1. The molecular formula is C18H14ClN5O3. The molecule has 1 aliphatic heterocycles. The number of hydrogen-bond acceptors (Lipinski definition) is 6. The highest BCUT2D eigenvalue weighted by Gasteiger charge is 2.28. The van der Waals surface area contributed by atoms with E-state index in [1.54, 1.807) is 12.1 Å². The number of nitrogens with zero attached hydrogens (tertiary/aromatic N) is 4. The Labute approximate surface area is 159 Å². The second-order valence-corrected chi connectivity index (χ2v) is 6.81. The van der Waals surface area contributed by atoms with Gasteiger partial charge in [0.05, 0.1) is 11.1 Å². The summed E-state index contributed by atoms with van der Waals surface area (Å²) in [6.07, 6.45) is 2.20. The van der Waals surface area contributed by atoms with Crippen molar-refractivity contribution in [1.29, 1.82) is 0 Å². The molecule has 1 saturated carbocycles. The SMILES string of the molecule is O=C(Nc1ccc(-c2nnnn2C2CC2)cc1)c1cc(Cl)c2c(c1)OCO2. The second kappa shape index (κ2) is 6.24. The Morgan fingerprint density at radius 3 is 2.78 bits per heavy atom. The average Bonchev–Trinajstić information content (AvgIpc) is 3.19. The van der Waals surface area contributed by atoms with Crippen LogP contribution in [0.2, 0.25) is 5.02 Å². The summed E-state index contributed by atoms with van der Waals surface area (Å²) in [6, 6.07) is 11.0. The Morgan fingerprint density at radius 2 is 2.00 bits per heavy atom. The lowest BCUT2D eigenvalue weighted by molar-refractivity contribution is 0.102. The third-order valence-corrected chi connectivity index (χ3v) is 4.76. The number of benzene rings is 2. The van der Waals surface area contributed by atoms with E-state index < -0.39 is 0 Å². The van der Waals surface area contributed by atoms with Gasteiger partial charge in [-0.1, -0.05) is 11.6 Å². The fourth-order valence-corrected chi connectivity index (χ4v) is 3.22. The number of rotatable bonds is 4. The summed E-state index contributed by atoms with van der Waals surface area (Å²) in [6.45, 7) is 0.0991. The maximum atomic E-state index is 12.5. The molecule has 5 rings (SSSR count). The smallest absolute Gasteiger partial charge is 0.255 e. The van der Waals surface area contributed by atoms with E-state index in [2.05, 4.69) is 20.8 Å². The number of nitrogens with one attached hydrogen (secondary N) is 1. The summed E-state index contributed by atoms with van der Waals surface area (Å²) < 4.78 is 12.4. The summed E-state index contributed by atoms with van der Waals surface area (Å²) in [7, 11) is 0. The van der Waals surface area contributed by atoms with Crippen molar-refractivity contribution in [2.75, 3.05) is 12.1 Å². The van der Waals surface area contributed by atoms with E-state index in [4.69, 9.17) is 21.1 Å². The van der Waals surface area contributed by atoms with Gasteiger partial charge >= 0.3 is 0 Å². The lowest BCUT2D eigenvalue weighted by Crippen LogP contribution is -2.11. The zero-order valence-corrected chi connectivity index (χ0v) is 14.8. The molecule has 0 atom stereocenters. The molecule has 1 N–H and O–H groups in total. The van der Waals surface area contributed by atoms with Crippen molar-refractivity contribution >= 4 is 23.2 Å². The summed E-state index contributed by atoms with van der Waals surface area (Å²) in [5.41, 5.74) is 1.95. The molecular weight excluding hydrogens is 370 g/mol. The van der Waals surface area contributed by atoms with E-state index in [-0.39, 0.29) is 12.7 Å². The molecule has 0 radical (unpaired) electrons. The van der Waals surface area contributed by atoms with Crippen LogP contribution in [0.3, 0.4) is 0 Å². The molecule has 0 bridgehead atoms. The Hall–Kier alpha value is -3.13. The van der Waals surface area contributed by atoms with Gasteiger partial charge in [0.1, 0.15) is 0 Å². The van der Waals surface area contributed by atoms with Gasteiger partial charge in [0, 0.05) is 16.8 Å². The molecule has 136 valence electrons. The Bertz CT molecular complexity index is 1030. The number of hydrogen-bond donors (Lipinski definition) is 1. The highest BCUT2D eigenvalue weighted by Crippen LogP contribution is 2.40. The molecule has 2 aliphatic rings. The van der Waals surface area contributed by atoms with Crippen LogP contribution in [-0.2, 0) is 0 Å². The van der Waals surface area contributed by atoms with Gasteiger partial charge < -0.3 is 14.8 Å². The van der Waals surface area contributed by atoms with Crippen LogP contribution in [0.15, 0.2) is 36.4 Å². The number of ether oxygens (including phenoxy) is 2. The van der Waals surface area contributed by atoms with Crippen molar-refractivity contribution in [3.8, 4) is 22.9 Å². The van der Waals surface area contributed by atoms with Crippen molar-refractivity contribution in [2.24, 2.45) is 0 Å². The van der Waals surface area contributed by atoms with E-state index in [1.165, 1.54) is 0 Å². The molecule has 3 aromatic rings. The van der Waals surface area contributed by atoms with Crippen LogP contribution in [-0.4, -0.2) is 32.9 Å². The first kappa shape index (κ1) is 16.1. The number of carbonyl (C=O) groups excluding carboxylic acids is 1. The average molecular weight is 384 g/mol. The van der Waals surface area contributed by atoms with Crippen LogP contribution >= 0.6 is 11.6 Å². The van der Waals surface area contributed by atoms with Gasteiger partial charge in [-0.05, 0) is 59.7 Å². The minimum absolute atomic E-state index is 0.0991. The van der Waals surface area contributed by atoms with Gasteiger partial charge in [-0.25, -0.2) is 4.68 Å². The molecule has 27 heavy (non-hydrogen) atoms. The molecule has 2 aromatic carbocycles. The Balaban J connectivity index is 1.35. The summed E-state index contributed by atoms with van der Waals surface area (Å²) in [5, 5.41) is 15.1. The number of anilines is 1. The minimum atomic E-state index is -0.286. The first-order valence-electron chi connectivity index (χ1n) is 8.48. The highest BCUT2D eigenvalue weighted by atomic mass is 35.5. The monoisotopic (exact) mass is 383 g/mol. The minimum Gasteiger partial charge on any atom is -0.454 e. The predicted octanol–water partition coefficient (Wildman–Crippen LogP) is 3.31. The molecule has 1 aliphatic carbocycles. The summed E-state index contributed by atoms with van der Waals surface area (Å²) >= 11 is 6.14. The molecule has 9 heteroatoms. The standard InChI is InChI=1S/C18H14ClN5O3/c19-14-7-11(8-15-16(14)27-9-26-15)18(25)20-12-3-1-10(2-4-12)17-21-22-23-24(17)13-5-6-13/h1-4,7-8,13H,5-6,9H2,(H,20,25). The van der Waals surface area contributed by atoms with E-state index in [9.17, 15) is 4.79 Å². The quantitative estimate of drug-likeness (QED) is 0.743. The molecule has 1 aromatic heterocycles. The zero-order chi connectivity index (χ0) is 18.4. The Kier molecular flexibility index (Phi) is 3.71. The lowest BCUT2D eigenvalue weighted by atomic mass is 10.1. The topological polar surface area (TPSA) is 91.2 Å². The van der Waals surface area contributed by atoms with Gasteiger partial charge in [0.2, 0.25) is 6.79 Å². The van der Waals surface area contributed by atoms with Crippen LogP contribution in [0.1, 0.15) is 29.2 Å². The number of amides is 1. The van der Waals surface area contributed by atoms with Gasteiger partial charge in [-0.3, -0.25) is 4.79 Å². The fourth-order valence-electron chi connectivity index (χ4n) is 2.95. The number of halogens is 1. The van der Waals surface area contributed by atoms with Crippen LogP contribution in [0.25, 0.3) is 11.4 Å². The van der Waals surface area contributed by atoms with E-state index in [0.29, 0.717) is 33.8 Å². The van der Waals surface area contributed by atoms with E-state index in [0.717, 1.165) is 24.2 Å². The maximum absolute atomic E-state index is 12.5. The summed E-state index contributed by atoms with van der Waals surface area (Å²) in [5.74, 6) is 1.38. The number of aromatic nitrogens is 4. The molecule has 1 amide bonds. The zero-order valence-electron chi connectivity index (χ0n) is 14.1. The van der Waals surface area contributed by atoms with E-state index in [1.807, 2.05) is 28.9 Å². The third-order valence-electron chi connectivity index (χ3n) is 4.48. The molecule has 0 unspecified atom stereocenters. The number of carbonyl (C=O) groups is 1. The first-order valence-corrected chi connectivity index (χ1v) is 8.85. The van der Waals surface area contributed by atoms with E-state index >= 15 is 0 Å². The molecule has 0 spiro atoms. The van der Waals surface area contributed by atoms with Crippen LogP contribution in [0, 0.1) is 0 Å². The van der Waals surface area contributed by atoms with Crippen molar-refractivity contribution in [1.82, 2.24) is 20.2 Å². The Morgan fingerprint density at radius 1 is 1.19 bits per heavy atom. The van der Waals surface area contributed by atoms with Crippen molar-refractivity contribution in [3.63, 3.8) is 0 Å². The van der Waals surface area contributed by atoms with Gasteiger partial charge in [-0.2, -0.15) is 0 Å². The maximum Gasteiger partial charge on any atom is 0.255 e. The van der Waals surface area contributed by atoms with Crippen LogP contribution < -0.4 is 14.8 Å². The lowest BCUT2D eigenvalue weighted by Gasteiger charge is -2.08. The van der Waals surface area contributed by atoms with Crippen molar-refractivity contribution in [3.05, 3.63) is 47.0 Å². The van der Waals surface area contributed by atoms with Crippen molar-refractivity contribution < 1.29 is 14.3 Å². The van der Waals surface area contributed by atoms with Crippen LogP contribution in [0.4, 0.5) is 5.69 Å². The predicted molar refractivity (Wildman–Crippen MR) is 97.1 cm³/mol. The third kappa shape index (κ3) is 2.97. The normalized spacial score (nSPS) is 15.0. The van der Waals surface area contributed by atoms with Gasteiger partial charge in [-0.15, -0.1) is 5.10 Å².